The molecule has 0 spiro atoms. The Morgan fingerprint density at radius 3 is 2.58 bits per heavy atom. The van der Waals surface area contributed by atoms with Gasteiger partial charge in [0.05, 0.1) is 17.6 Å². The molecular weight excluding hydrogens is 422 g/mol. The van der Waals surface area contributed by atoms with Gasteiger partial charge in [-0.15, -0.1) is 11.8 Å². The molecule has 10 heteroatoms. The van der Waals surface area contributed by atoms with Crippen LogP contribution in [-0.4, -0.2) is 45.6 Å². The van der Waals surface area contributed by atoms with Gasteiger partial charge in [-0.3, -0.25) is 14.9 Å². The first-order valence-electron chi connectivity index (χ1n) is 9.59. The number of rotatable bonds is 7. The van der Waals surface area contributed by atoms with Crippen molar-refractivity contribution in [2.75, 3.05) is 6.61 Å². The van der Waals surface area contributed by atoms with E-state index in [1.807, 2.05) is 30.3 Å². The maximum Gasteiger partial charge on any atom is 0.331 e. The number of hydrogen-bond donors (Lipinski definition) is 1. The van der Waals surface area contributed by atoms with Gasteiger partial charge in [0, 0.05) is 17.0 Å². The van der Waals surface area contributed by atoms with E-state index in [1.165, 1.54) is 18.2 Å². The van der Waals surface area contributed by atoms with E-state index in [4.69, 9.17) is 4.74 Å². The zero-order chi connectivity index (χ0) is 22.5. The van der Waals surface area contributed by atoms with E-state index in [9.17, 15) is 24.5 Å². The first-order valence-corrected chi connectivity index (χ1v) is 10.5. The molecule has 0 saturated carbocycles. The van der Waals surface area contributed by atoms with Crippen LogP contribution in [0.3, 0.4) is 0 Å². The number of likely N-dealkylation sites (tertiary alicyclic amines) is 1. The third-order valence-electron chi connectivity index (χ3n) is 4.72. The highest BCUT2D eigenvalue weighted by Crippen LogP contribution is 2.38. The van der Waals surface area contributed by atoms with Crippen LogP contribution in [0.5, 0.6) is 0 Å². The van der Waals surface area contributed by atoms with Gasteiger partial charge in [0.25, 0.3) is 5.69 Å². The van der Waals surface area contributed by atoms with Crippen molar-refractivity contribution in [1.82, 2.24) is 10.2 Å². The number of esters is 1. The number of carbonyl (C=O) groups excluding carboxylic acids is 3. The van der Waals surface area contributed by atoms with Crippen LogP contribution in [0.4, 0.5) is 10.5 Å². The average molecular weight is 443 g/mol. The Morgan fingerprint density at radius 1 is 1.23 bits per heavy atom. The lowest BCUT2D eigenvalue weighted by atomic mass is 10.0. The molecule has 2 aromatic rings. The SMILES string of the molecule is CCOC(=O)[C@@H]1[C@H](Sc2cccc([N+](=O)[O-])c2)C(=O)N1C(=O)N[C@H](C)c1ccccc1. The molecule has 3 rings (SSSR count). The van der Waals surface area contributed by atoms with Crippen molar-refractivity contribution in [3.63, 3.8) is 0 Å². The van der Waals surface area contributed by atoms with Crippen LogP contribution in [0.1, 0.15) is 25.5 Å². The van der Waals surface area contributed by atoms with Gasteiger partial charge >= 0.3 is 12.0 Å². The lowest BCUT2D eigenvalue weighted by molar-refractivity contribution is -0.385. The van der Waals surface area contributed by atoms with Crippen molar-refractivity contribution in [2.45, 2.75) is 36.1 Å². The van der Waals surface area contributed by atoms with Crippen molar-refractivity contribution >= 4 is 35.4 Å². The van der Waals surface area contributed by atoms with Gasteiger partial charge in [-0.25, -0.2) is 14.5 Å². The molecular formula is C21H21N3O6S. The zero-order valence-electron chi connectivity index (χ0n) is 16.9. The summed E-state index contributed by atoms with van der Waals surface area (Å²) in [5, 5.41) is 12.8. The smallest absolute Gasteiger partial charge is 0.331 e. The Hall–Kier alpha value is -3.40. The predicted molar refractivity (Wildman–Crippen MR) is 113 cm³/mol. The number of ether oxygens (including phenoxy) is 1. The molecule has 2 aromatic carbocycles. The van der Waals surface area contributed by atoms with Crippen molar-refractivity contribution in [1.29, 1.82) is 0 Å². The van der Waals surface area contributed by atoms with Gasteiger partial charge in [-0.2, -0.15) is 0 Å². The van der Waals surface area contributed by atoms with Crippen molar-refractivity contribution < 1.29 is 24.0 Å². The molecule has 1 aliphatic heterocycles. The fourth-order valence-corrected chi connectivity index (χ4v) is 4.37. The topological polar surface area (TPSA) is 119 Å². The summed E-state index contributed by atoms with van der Waals surface area (Å²) < 4.78 is 5.06. The summed E-state index contributed by atoms with van der Waals surface area (Å²) in [6.45, 7) is 3.49. The number of benzene rings is 2. The van der Waals surface area contributed by atoms with Crippen LogP contribution < -0.4 is 5.32 Å². The number of hydrogen-bond acceptors (Lipinski definition) is 7. The maximum absolute atomic E-state index is 12.8. The minimum atomic E-state index is -1.13. The van der Waals surface area contributed by atoms with Gasteiger partial charge in [-0.1, -0.05) is 36.4 Å². The van der Waals surface area contributed by atoms with E-state index in [0.717, 1.165) is 22.2 Å². The second-order valence-corrected chi connectivity index (χ2v) is 7.99. The number of carbonyl (C=O) groups is 3. The zero-order valence-corrected chi connectivity index (χ0v) is 17.7. The minimum absolute atomic E-state index is 0.0909. The second-order valence-electron chi connectivity index (χ2n) is 6.78. The summed E-state index contributed by atoms with van der Waals surface area (Å²) in [4.78, 5) is 49.8. The molecule has 0 aliphatic carbocycles. The molecule has 1 fully saturated rings. The standard InChI is InChI=1S/C21H21N3O6S/c1-3-30-20(26)17-18(31-16-11-7-10-15(12-16)24(28)29)19(25)23(17)21(27)22-13(2)14-8-5-4-6-9-14/h4-13,17-18H,3H2,1-2H3,(H,22,27)/t13-,17+,18+/m1/s1. The molecule has 1 N–H and O–H groups in total. The van der Waals surface area contributed by atoms with E-state index in [-0.39, 0.29) is 18.3 Å². The molecule has 0 aromatic heterocycles. The van der Waals surface area contributed by atoms with Crippen molar-refractivity contribution in [2.24, 2.45) is 0 Å². The highest BCUT2D eigenvalue weighted by molar-refractivity contribution is 8.00. The van der Waals surface area contributed by atoms with Crippen molar-refractivity contribution in [3.05, 3.63) is 70.3 Å². The van der Waals surface area contributed by atoms with Gasteiger partial charge in [0.1, 0.15) is 5.25 Å². The third-order valence-corrected chi connectivity index (χ3v) is 5.96. The fraction of sp³-hybridized carbons (Fsp3) is 0.286. The lowest BCUT2D eigenvalue weighted by Gasteiger charge is -2.43. The van der Waals surface area contributed by atoms with Crippen LogP contribution in [0, 0.1) is 10.1 Å². The van der Waals surface area contributed by atoms with Crippen molar-refractivity contribution in [3.8, 4) is 0 Å². The number of nitro groups is 1. The monoisotopic (exact) mass is 443 g/mol. The molecule has 9 nitrogen and oxygen atoms in total. The predicted octanol–water partition coefficient (Wildman–Crippen LogP) is 3.30. The largest absolute Gasteiger partial charge is 0.464 e. The maximum atomic E-state index is 12.8. The molecule has 0 unspecified atom stereocenters. The van der Waals surface area contributed by atoms with E-state index in [1.54, 1.807) is 19.9 Å². The number of β-lactam (4-membered cyclic amide) rings is 1. The molecule has 1 saturated heterocycles. The summed E-state index contributed by atoms with van der Waals surface area (Å²) in [7, 11) is 0. The number of imide groups is 1. The summed E-state index contributed by atoms with van der Waals surface area (Å²) in [6, 6.07) is 12.7. The van der Waals surface area contributed by atoms with E-state index in [0.29, 0.717) is 4.90 Å². The Bertz CT molecular complexity index is 1000. The molecule has 0 radical (unpaired) electrons. The van der Waals surface area contributed by atoms with Crippen LogP contribution in [-0.2, 0) is 14.3 Å². The average Bonchev–Trinajstić information content (AvgIpc) is 2.76. The van der Waals surface area contributed by atoms with Crippen LogP contribution >= 0.6 is 11.8 Å². The summed E-state index contributed by atoms with van der Waals surface area (Å²) >= 11 is 0.992. The van der Waals surface area contributed by atoms with E-state index < -0.39 is 34.1 Å². The first-order chi connectivity index (χ1) is 14.8. The molecule has 162 valence electrons. The highest BCUT2D eigenvalue weighted by atomic mass is 32.2. The molecule has 0 bridgehead atoms. The van der Waals surface area contributed by atoms with Crippen LogP contribution in [0.2, 0.25) is 0 Å². The number of nitro benzene ring substituents is 1. The van der Waals surface area contributed by atoms with Crippen LogP contribution in [0.15, 0.2) is 59.5 Å². The molecule has 3 amide bonds. The van der Waals surface area contributed by atoms with E-state index >= 15 is 0 Å². The van der Waals surface area contributed by atoms with Gasteiger partial charge in [0.2, 0.25) is 5.91 Å². The number of non-ortho nitro benzene ring substituents is 1. The first kappa shape index (κ1) is 22.3. The van der Waals surface area contributed by atoms with Gasteiger partial charge in [-0.05, 0) is 25.5 Å². The molecule has 3 atom stereocenters. The number of thioether (sulfide) groups is 1. The number of nitrogens with zero attached hydrogens (tertiary/aromatic N) is 2. The fourth-order valence-electron chi connectivity index (χ4n) is 3.16. The van der Waals surface area contributed by atoms with Crippen LogP contribution in [0.25, 0.3) is 0 Å². The Kier molecular flexibility index (Phi) is 6.91. The van der Waals surface area contributed by atoms with Gasteiger partial charge < -0.3 is 10.1 Å². The quantitative estimate of drug-likeness (QED) is 0.302. The molecule has 1 heterocycles. The molecule has 1 aliphatic rings. The van der Waals surface area contributed by atoms with E-state index in [2.05, 4.69) is 5.32 Å². The third kappa shape index (κ3) is 4.85. The summed E-state index contributed by atoms with van der Waals surface area (Å²) in [5.74, 6) is -1.26. The normalized spacial score (nSPS) is 18.6. The summed E-state index contributed by atoms with van der Waals surface area (Å²) in [5.41, 5.74) is 0.717. The Morgan fingerprint density at radius 2 is 1.94 bits per heavy atom. The Balaban J connectivity index is 1.77. The number of nitrogens with one attached hydrogen (secondary N) is 1. The summed E-state index contributed by atoms with van der Waals surface area (Å²) in [6.07, 6.45) is 0. The minimum Gasteiger partial charge on any atom is -0.464 e. The Labute approximate surface area is 182 Å². The number of urea groups is 1. The molecule has 31 heavy (non-hydrogen) atoms. The highest BCUT2D eigenvalue weighted by Gasteiger charge is 2.56. The number of amides is 3. The second kappa shape index (κ2) is 9.61. The van der Waals surface area contributed by atoms with Gasteiger partial charge in [0.15, 0.2) is 6.04 Å². The lowest BCUT2D eigenvalue weighted by Crippen LogP contribution is -2.70.